The average molecular weight is 332 g/mol. The number of nitrogens with zero attached hydrogens (tertiary/aromatic N) is 3. The molecule has 3 N–H and O–H groups in total. The highest BCUT2D eigenvalue weighted by atomic mass is 15.2. The van der Waals surface area contributed by atoms with Crippen molar-refractivity contribution < 1.29 is 0 Å². The third-order valence-electron chi connectivity index (χ3n) is 4.90. The molecule has 1 fully saturated rings. The number of aryl methyl sites for hydroxylation is 1. The number of nitrogens with one attached hydrogen (secondary N) is 1. The van der Waals surface area contributed by atoms with Crippen LogP contribution in [-0.4, -0.2) is 56.2 Å². The minimum Gasteiger partial charge on any atom is -0.370 e. The number of para-hydroxylation sites is 1. The first kappa shape index (κ1) is 18.6. The van der Waals surface area contributed by atoms with Crippen LogP contribution in [-0.2, 0) is 0 Å². The molecule has 0 aromatic heterocycles. The minimum atomic E-state index is 0.564. The van der Waals surface area contributed by atoms with Crippen LogP contribution in [0.15, 0.2) is 29.3 Å². The van der Waals surface area contributed by atoms with Crippen molar-refractivity contribution in [1.29, 1.82) is 0 Å². The molecule has 0 saturated carbocycles. The molecule has 1 aromatic rings. The molecule has 2 rings (SSSR count). The van der Waals surface area contributed by atoms with Crippen molar-refractivity contribution in [1.82, 2.24) is 10.2 Å². The highest BCUT2D eigenvalue weighted by Gasteiger charge is 2.22. The van der Waals surface area contributed by atoms with E-state index >= 15 is 0 Å². The summed E-state index contributed by atoms with van der Waals surface area (Å²) in [4.78, 5) is 9.40. The molecular weight excluding hydrogens is 298 g/mol. The average Bonchev–Trinajstić information content (AvgIpc) is 3.05. The molecule has 1 aliphatic rings. The van der Waals surface area contributed by atoms with E-state index in [0.29, 0.717) is 12.0 Å². The predicted octanol–water partition coefficient (Wildman–Crippen LogP) is 2.21. The van der Waals surface area contributed by atoms with Gasteiger partial charge in [0.15, 0.2) is 5.96 Å². The lowest BCUT2D eigenvalue weighted by Crippen LogP contribution is -2.40. The third-order valence-corrected chi connectivity index (χ3v) is 4.90. The minimum absolute atomic E-state index is 0.564. The van der Waals surface area contributed by atoms with Crippen molar-refractivity contribution in [3.63, 3.8) is 0 Å². The lowest BCUT2D eigenvalue weighted by Gasteiger charge is -2.25. The van der Waals surface area contributed by atoms with E-state index in [9.17, 15) is 0 Å². The van der Waals surface area contributed by atoms with E-state index in [2.05, 4.69) is 65.1 Å². The van der Waals surface area contributed by atoms with Crippen LogP contribution in [0.25, 0.3) is 0 Å². The van der Waals surface area contributed by atoms with Crippen molar-refractivity contribution in [2.45, 2.75) is 39.7 Å². The highest BCUT2D eigenvalue weighted by molar-refractivity contribution is 5.77. The zero-order valence-corrected chi connectivity index (χ0v) is 15.5. The van der Waals surface area contributed by atoms with Crippen molar-refractivity contribution in [3.8, 4) is 0 Å². The van der Waals surface area contributed by atoms with Crippen molar-refractivity contribution in [2.24, 2.45) is 10.7 Å². The van der Waals surface area contributed by atoms with Gasteiger partial charge in [-0.2, -0.15) is 0 Å². The Morgan fingerprint density at radius 1 is 1.38 bits per heavy atom. The van der Waals surface area contributed by atoms with E-state index in [1.807, 2.05) is 0 Å². The van der Waals surface area contributed by atoms with Gasteiger partial charge in [0.25, 0.3) is 0 Å². The molecule has 1 heterocycles. The van der Waals surface area contributed by atoms with Gasteiger partial charge in [0, 0.05) is 31.4 Å². The smallest absolute Gasteiger partial charge is 0.188 e. The van der Waals surface area contributed by atoms with Gasteiger partial charge in [-0.25, -0.2) is 0 Å². The van der Waals surface area contributed by atoms with Crippen LogP contribution >= 0.6 is 0 Å². The Balaban J connectivity index is 1.77. The van der Waals surface area contributed by atoms with Gasteiger partial charge in [0.1, 0.15) is 0 Å². The van der Waals surface area contributed by atoms with Gasteiger partial charge < -0.3 is 16.0 Å². The Labute approximate surface area is 146 Å². The summed E-state index contributed by atoms with van der Waals surface area (Å²) < 4.78 is 0. The monoisotopic (exact) mass is 331 g/mol. The molecule has 1 unspecified atom stereocenters. The number of aliphatic imine (C=N–C) groups is 1. The van der Waals surface area contributed by atoms with Crippen molar-refractivity contribution in [3.05, 3.63) is 29.8 Å². The first-order chi connectivity index (χ1) is 11.7. The maximum absolute atomic E-state index is 6.04. The van der Waals surface area contributed by atoms with Gasteiger partial charge in [-0.3, -0.25) is 9.89 Å². The lowest BCUT2D eigenvalue weighted by atomic mass is 10.2. The number of hydrogen-bond donors (Lipinski definition) is 2. The van der Waals surface area contributed by atoms with Gasteiger partial charge in [-0.15, -0.1) is 0 Å². The molecule has 5 nitrogen and oxygen atoms in total. The van der Waals surface area contributed by atoms with Crippen LogP contribution in [0.2, 0.25) is 0 Å². The molecule has 1 atom stereocenters. The molecule has 1 aliphatic heterocycles. The Morgan fingerprint density at radius 3 is 2.88 bits per heavy atom. The molecule has 1 saturated heterocycles. The predicted molar refractivity (Wildman–Crippen MR) is 104 cm³/mol. The van der Waals surface area contributed by atoms with Gasteiger partial charge in [0.2, 0.25) is 0 Å². The number of nitrogens with two attached hydrogens (primary N) is 1. The zero-order valence-electron chi connectivity index (χ0n) is 15.5. The molecule has 24 heavy (non-hydrogen) atoms. The second kappa shape index (κ2) is 9.52. The molecule has 0 amide bonds. The van der Waals surface area contributed by atoms with Gasteiger partial charge >= 0.3 is 0 Å². The van der Waals surface area contributed by atoms with E-state index in [1.165, 1.54) is 30.6 Å². The summed E-state index contributed by atoms with van der Waals surface area (Å²) in [6, 6.07) is 9.07. The second-order valence-corrected chi connectivity index (χ2v) is 6.44. The normalized spacial score (nSPS) is 18.8. The summed E-state index contributed by atoms with van der Waals surface area (Å²) in [5.41, 5.74) is 8.64. The van der Waals surface area contributed by atoms with Gasteiger partial charge in [-0.05, 0) is 51.4 Å². The zero-order chi connectivity index (χ0) is 17.4. The van der Waals surface area contributed by atoms with Crippen LogP contribution in [0.5, 0.6) is 0 Å². The maximum atomic E-state index is 6.04. The van der Waals surface area contributed by atoms with E-state index in [1.54, 1.807) is 0 Å². The summed E-state index contributed by atoms with van der Waals surface area (Å²) >= 11 is 0. The molecule has 134 valence electrons. The molecule has 0 radical (unpaired) electrons. The fourth-order valence-corrected chi connectivity index (χ4v) is 3.46. The number of anilines is 1. The summed E-state index contributed by atoms with van der Waals surface area (Å²) in [5, 5.41) is 3.26. The van der Waals surface area contributed by atoms with E-state index in [-0.39, 0.29) is 0 Å². The number of guanidine groups is 1. The Kier molecular flexibility index (Phi) is 7.37. The number of benzene rings is 1. The van der Waals surface area contributed by atoms with E-state index < -0.39 is 0 Å². The molecule has 0 aliphatic carbocycles. The number of rotatable bonds is 8. The van der Waals surface area contributed by atoms with Crippen LogP contribution in [0.1, 0.15) is 32.3 Å². The molecule has 0 spiro atoms. The Morgan fingerprint density at radius 2 is 2.17 bits per heavy atom. The molecular formula is C19H33N5. The quantitative estimate of drug-likeness (QED) is 0.566. The van der Waals surface area contributed by atoms with Crippen molar-refractivity contribution in [2.75, 3.05) is 44.2 Å². The van der Waals surface area contributed by atoms with Crippen LogP contribution < -0.4 is 16.0 Å². The second-order valence-electron chi connectivity index (χ2n) is 6.44. The van der Waals surface area contributed by atoms with Gasteiger partial charge in [-0.1, -0.05) is 25.1 Å². The Bertz CT molecular complexity index is 528. The fourth-order valence-electron chi connectivity index (χ4n) is 3.46. The third kappa shape index (κ3) is 5.13. The first-order valence-electron chi connectivity index (χ1n) is 9.24. The lowest BCUT2D eigenvalue weighted by molar-refractivity contribution is 0.273. The Hall–Kier alpha value is -1.75. The first-order valence-corrected chi connectivity index (χ1v) is 9.24. The molecule has 5 heteroatoms. The summed E-state index contributed by atoms with van der Waals surface area (Å²) in [7, 11) is 0. The summed E-state index contributed by atoms with van der Waals surface area (Å²) in [5.74, 6) is 0.568. The highest BCUT2D eigenvalue weighted by Crippen LogP contribution is 2.18. The van der Waals surface area contributed by atoms with E-state index in [4.69, 9.17) is 5.73 Å². The summed E-state index contributed by atoms with van der Waals surface area (Å²) in [6.07, 6.45) is 2.52. The number of likely N-dealkylation sites (N-methyl/N-ethyl adjacent to an activating group) is 2. The van der Waals surface area contributed by atoms with Crippen LogP contribution in [0.3, 0.4) is 0 Å². The standard InChI is InChI=1S/C19H33N5/c1-4-23-13-8-10-17(23)15-22-19(20)21-12-14-24(5-2)18-11-7-6-9-16(18)3/h6-7,9,11,17H,4-5,8,10,12-15H2,1-3H3,(H3,20,21,22). The molecule has 1 aromatic carbocycles. The fraction of sp³-hybridized carbons (Fsp3) is 0.632. The van der Waals surface area contributed by atoms with E-state index in [0.717, 1.165) is 32.7 Å². The summed E-state index contributed by atoms with van der Waals surface area (Å²) in [6.45, 7) is 12.4. The maximum Gasteiger partial charge on any atom is 0.188 e. The number of likely N-dealkylation sites (tertiary alicyclic amines) is 1. The van der Waals surface area contributed by atoms with Crippen LogP contribution in [0, 0.1) is 6.92 Å². The SMILES string of the molecule is CCN(CCNC(N)=NCC1CCCN1CC)c1ccccc1C. The van der Waals surface area contributed by atoms with Crippen LogP contribution in [0.4, 0.5) is 5.69 Å². The van der Waals surface area contributed by atoms with Gasteiger partial charge in [0.05, 0.1) is 6.54 Å². The molecule has 0 bridgehead atoms. The van der Waals surface area contributed by atoms with Crippen molar-refractivity contribution >= 4 is 11.6 Å². The number of hydrogen-bond acceptors (Lipinski definition) is 3. The largest absolute Gasteiger partial charge is 0.370 e. The topological polar surface area (TPSA) is 56.9 Å².